The summed E-state index contributed by atoms with van der Waals surface area (Å²) in [7, 11) is 1.41. The molecule has 0 bridgehead atoms. The number of methoxy groups -OCH3 is 1. The van der Waals surface area contributed by atoms with Crippen LogP contribution in [0.2, 0.25) is 0 Å². The first-order valence-corrected chi connectivity index (χ1v) is 8.82. The number of hydrogen-bond acceptors (Lipinski definition) is 9. The molecule has 11 heteroatoms. The van der Waals surface area contributed by atoms with Gasteiger partial charge >= 0.3 is 0 Å². The van der Waals surface area contributed by atoms with Crippen LogP contribution in [0.15, 0.2) is 36.7 Å². The van der Waals surface area contributed by atoms with Gasteiger partial charge in [0.2, 0.25) is 11.8 Å². The fraction of sp³-hybridized carbons (Fsp3) is 0.389. The zero-order valence-corrected chi connectivity index (χ0v) is 15.7. The summed E-state index contributed by atoms with van der Waals surface area (Å²) in [4.78, 5) is 22.5. The van der Waals surface area contributed by atoms with Crippen molar-refractivity contribution in [3.05, 3.63) is 36.7 Å². The molecule has 0 amide bonds. The molecule has 2 aromatic heterocycles. The van der Waals surface area contributed by atoms with Gasteiger partial charge in [0.05, 0.1) is 13.4 Å². The molecule has 3 aromatic rings. The zero-order chi connectivity index (χ0) is 20.6. The van der Waals surface area contributed by atoms with E-state index >= 15 is 4.39 Å². The highest BCUT2D eigenvalue weighted by Crippen LogP contribution is 2.42. The number of halogens is 1. The van der Waals surface area contributed by atoms with Gasteiger partial charge in [0, 0.05) is 0 Å². The van der Waals surface area contributed by atoms with Gasteiger partial charge in [-0.15, -0.1) is 0 Å². The minimum atomic E-state index is -2.17. The van der Waals surface area contributed by atoms with Crippen LogP contribution in [0.3, 0.4) is 0 Å². The average molecular weight is 405 g/mol. The van der Waals surface area contributed by atoms with Crippen LogP contribution in [0.1, 0.15) is 13.2 Å². The molecule has 1 aliphatic heterocycles. The summed E-state index contributed by atoms with van der Waals surface area (Å²) < 4.78 is 27.7. The van der Waals surface area contributed by atoms with Crippen molar-refractivity contribution in [3.63, 3.8) is 0 Å². The summed E-state index contributed by atoms with van der Waals surface area (Å²) in [6.45, 7) is 1.03. The zero-order valence-electron chi connectivity index (χ0n) is 15.7. The van der Waals surface area contributed by atoms with Crippen LogP contribution in [0.5, 0.6) is 11.6 Å². The quantitative estimate of drug-likeness (QED) is 0.462. The van der Waals surface area contributed by atoms with Crippen LogP contribution in [0.4, 0.5) is 10.3 Å². The molecule has 0 saturated carbocycles. The Morgan fingerprint density at radius 1 is 1.31 bits per heavy atom. The fourth-order valence-electron chi connectivity index (χ4n) is 3.22. The maximum atomic E-state index is 15.4. The summed E-state index contributed by atoms with van der Waals surface area (Å²) in [5.41, 5.74) is 4.06. The standard InChI is InChI=1S/C18H20FN5O5/c1-18(19)13(25)11(8-27-29-10-6-4-3-5-7-10)28-16(18)24-9-21-12-14(24)22-17(20)23-15(12)26-2/h3-7,9,11,13,16,25H,8H2,1-2H3,(H2,20,22,23)/t11-,13-,16?,18-/m1/s1. The molecule has 29 heavy (non-hydrogen) atoms. The largest absolute Gasteiger partial charge is 0.479 e. The fourth-order valence-corrected chi connectivity index (χ4v) is 3.22. The summed E-state index contributed by atoms with van der Waals surface area (Å²) in [5, 5.41) is 10.5. The van der Waals surface area contributed by atoms with Gasteiger partial charge in [-0.25, -0.2) is 9.37 Å². The van der Waals surface area contributed by atoms with E-state index in [2.05, 4.69) is 15.0 Å². The van der Waals surface area contributed by atoms with Crippen molar-refractivity contribution in [2.75, 3.05) is 19.5 Å². The molecule has 1 saturated heterocycles. The number of aliphatic hydroxyl groups excluding tert-OH is 1. The van der Waals surface area contributed by atoms with Crippen LogP contribution in [-0.2, 0) is 9.62 Å². The molecule has 154 valence electrons. The lowest BCUT2D eigenvalue weighted by molar-refractivity contribution is -0.233. The number of benzene rings is 1. The van der Waals surface area contributed by atoms with Crippen molar-refractivity contribution in [3.8, 4) is 11.6 Å². The Labute approximate surface area is 164 Å². The van der Waals surface area contributed by atoms with Crippen LogP contribution in [-0.4, -0.2) is 56.2 Å². The van der Waals surface area contributed by atoms with Gasteiger partial charge in [-0.2, -0.15) is 14.9 Å². The Kier molecular flexibility index (Phi) is 4.94. The molecule has 0 radical (unpaired) electrons. The molecule has 0 spiro atoms. The number of nitrogen functional groups attached to an aromatic ring is 1. The number of aliphatic hydroxyl groups is 1. The highest BCUT2D eigenvalue weighted by Gasteiger charge is 2.55. The molecule has 3 N–H and O–H groups in total. The van der Waals surface area contributed by atoms with Gasteiger partial charge in [0.15, 0.2) is 28.8 Å². The Bertz CT molecular complexity index is 999. The van der Waals surface area contributed by atoms with Gasteiger partial charge in [-0.05, 0) is 19.1 Å². The third-order valence-electron chi connectivity index (χ3n) is 4.70. The predicted molar refractivity (Wildman–Crippen MR) is 98.7 cm³/mol. The van der Waals surface area contributed by atoms with E-state index in [0.717, 1.165) is 0 Å². The first-order chi connectivity index (χ1) is 13.9. The number of alkyl halides is 1. The van der Waals surface area contributed by atoms with E-state index in [1.54, 1.807) is 24.3 Å². The number of para-hydroxylation sites is 1. The number of ether oxygens (including phenoxy) is 2. The van der Waals surface area contributed by atoms with Crippen molar-refractivity contribution >= 4 is 17.1 Å². The summed E-state index contributed by atoms with van der Waals surface area (Å²) in [6, 6.07) is 8.78. The van der Waals surface area contributed by atoms with E-state index < -0.39 is 24.1 Å². The minimum Gasteiger partial charge on any atom is -0.479 e. The smallest absolute Gasteiger partial charge is 0.246 e. The lowest BCUT2D eigenvalue weighted by atomic mass is 9.98. The average Bonchev–Trinajstić information content (AvgIpc) is 3.21. The van der Waals surface area contributed by atoms with E-state index in [9.17, 15) is 5.11 Å². The topological polar surface area (TPSA) is 127 Å². The van der Waals surface area contributed by atoms with E-state index in [1.165, 1.54) is 24.9 Å². The van der Waals surface area contributed by atoms with Crippen molar-refractivity contribution in [2.24, 2.45) is 0 Å². The normalized spacial score (nSPS) is 26.7. The third kappa shape index (κ3) is 3.43. The number of fused-ring (bicyclic) bond motifs is 1. The van der Waals surface area contributed by atoms with Gasteiger partial charge in [0.1, 0.15) is 18.8 Å². The predicted octanol–water partition coefficient (Wildman–Crippen LogP) is 1.41. The number of nitrogens with two attached hydrogens (primary N) is 1. The van der Waals surface area contributed by atoms with Crippen molar-refractivity contribution < 1.29 is 28.7 Å². The second-order valence-electron chi connectivity index (χ2n) is 6.72. The Hall–Kier alpha value is -3.02. The molecule has 0 aliphatic carbocycles. The summed E-state index contributed by atoms with van der Waals surface area (Å²) in [5.74, 6) is 0.562. The Morgan fingerprint density at radius 2 is 2.07 bits per heavy atom. The highest BCUT2D eigenvalue weighted by molar-refractivity contribution is 5.77. The molecule has 3 heterocycles. The summed E-state index contributed by atoms with van der Waals surface area (Å²) >= 11 is 0. The summed E-state index contributed by atoms with van der Waals surface area (Å²) in [6.07, 6.45) is -2.37. The molecule has 1 aromatic carbocycles. The number of imidazole rings is 1. The molecule has 4 atom stereocenters. The van der Waals surface area contributed by atoms with Gasteiger partial charge < -0.3 is 25.2 Å². The van der Waals surface area contributed by atoms with Crippen molar-refractivity contribution in [2.45, 2.75) is 31.0 Å². The molecule has 10 nitrogen and oxygen atoms in total. The monoisotopic (exact) mass is 405 g/mol. The maximum absolute atomic E-state index is 15.4. The number of nitrogens with zero attached hydrogens (tertiary/aromatic N) is 4. The molecular weight excluding hydrogens is 385 g/mol. The van der Waals surface area contributed by atoms with Crippen LogP contribution < -0.4 is 15.4 Å². The maximum Gasteiger partial charge on any atom is 0.246 e. The van der Waals surface area contributed by atoms with Gasteiger partial charge in [0.25, 0.3) is 0 Å². The SMILES string of the molecule is COc1nc(N)nc2c1ncn2C1O[C@H](COOc2ccccc2)[C@@H](O)[C@@]1(C)F. The second kappa shape index (κ2) is 7.43. The third-order valence-corrected chi connectivity index (χ3v) is 4.70. The number of hydrogen-bond donors (Lipinski definition) is 2. The lowest BCUT2D eigenvalue weighted by Gasteiger charge is -2.24. The molecule has 1 unspecified atom stereocenters. The number of rotatable bonds is 6. The van der Waals surface area contributed by atoms with E-state index in [1.807, 2.05) is 6.07 Å². The number of anilines is 1. The van der Waals surface area contributed by atoms with Crippen molar-refractivity contribution in [1.82, 2.24) is 19.5 Å². The Balaban J connectivity index is 1.55. The van der Waals surface area contributed by atoms with E-state index in [4.69, 9.17) is 25.0 Å². The van der Waals surface area contributed by atoms with Crippen molar-refractivity contribution in [1.29, 1.82) is 0 Å². The van der Waals surface area contributed by atoms with Gasteiger partial charge in [-0.1, -0.05) is 18.2 Å². The van der Waals surface area contributed by atoms with E-state index in [-0.39, 0.29) is 24.1 Å². The molecular formula is C18H20FN5O5. The number of aromatic nitrogens is 4. The molecule has 1 aliphatic rings. The second-order valence-corrected chi connectivity index (χ2v) is 6.72. The van der Waals surface area contributed by atoms with Gasteiger partial charge in [-0.3, -0.25) is 4.57 Å². The van der Waals surface area contributed by atoms with Crippen LogP contribution >= 0.6 is 0 Å². The first kappa shape index (κ1) is 19.3. The lowest BCUT2D eigenvalue weighted by Crippen LogP contribution is -2.40. The minimum absolute atomic E-state index is 0.0636. The van der Waals surface area contributed by atoms with Crippen LogP contribution in [0.25, 0.3) is 11.2 Å². The van der Waals surface area contributed by atoms with Crippen LogP contribution in [0, 0.1) is 0 Å². The van der Waals surface area contributed by atoms with E-state index in [0.29, 0.717) is 11.3 Å². The Morgan fingerprint density at radius 3 is 2.79 bits per heavy atom. The highest BCUT2D eigenvalue weighted by atomic mass is 19.1. The molecule has 4 rings (SSSR count). The molecule has 1 fully saturated rings. The first-order valence-electron chi connectivity index (χ1n) is 8.82.